The van der Waals surface area contributed by atoms with Crippen LogP contribution in [0.1, 0.15) is 62.4 Å². The number of pyridine rings is 1. The molecule has 1 saturated heterocycles. The van der Waals surface area contributed by atoms with Gasteiger partial charge in [-0.05, 0) is 35.8 Å². The molecule has 31 heavy (non-hydrogen) atoms. The lowest BCUT2D eigenvalue weighted by Crippen LogP contribution is -2.40. The fourth-order valence-electron chi connectivity index (χ4n) is 3.96. The molecule has 7 nitrogen and oxygen atoms in total. The minimum Gasteiger partial charge on any atom is -0.446 e. The standard InChI is InChI=1S/C23H32N4O3S/c1-23(2,3)17-11-18(26-19-16(21(28)24-4)13-31-20(17)19)27-9-7-15(8-10-27)30-22(29)25-12-14-5-6-14/h11,13-15H,5-10,12H2,1-4H3,(H,24,28)(H,25,29). The van der Waals surface area contributed by atoms with Crippen molar-refractivity contribution in [2.45, 2.75) is 58.0 Å². The molecule has 4 rings (SSSR count). The maximum absolute atomic E-state index is 12.4. The van der Waals surface area contributed by atoms with Crippen molar-refractivity contribution in [3.63, 3.8) is 0 Å². The van der Waals surface area contributed by atoms with Gasteiger partial charge in [0.25, 0.3) is 5.91 Å². The van der Waals surface area contributed by atoms with Crippen LogP contribution in [0.4, 0.5) is 10.6 Å². The number of piperidine rings is 1. The number of nitrogens with zero attached hydrogens (tertiary/aromatic N) is 2. The number of carbonyl (C=O) groups excluding carboxylic acids is 2. The van der Waals surface area contributed by atoms with Crippen molar-refractivity contribution < 1.29 is 14.3 Å². The quantitative estimate of drug-likeness (QED) is 0.727. The van der Waals surface area contributed by atoms with Crippen molar-refractivity contribution in [2.75, 3.05) is 31.6 Å². The molecule has 2 amide bonds. The Balaban J connectivity index is 1.50. The van der Waals surface area contributed by atoms with Crippen LogP contribution in [0.2, 0.25) is 0 Å². The minimum atomic E-state index is -0.298. The van der Waals surface area contributed by atoms with E-state index in [-0.39, 0.29) is 23.5 Å². The summed E-state index contributed by atoms with van der Waals surface area (Å²) in [6, 6.07) is 2.16. The maximum Gasteiger partial charge on any atom is 0.407 e. The van der Waals surface area contributed by atoms with E-state index in [0.29, 0.717) is 11.5 Å². The Hall–Kier alpha value is -2.35. The molecule has 8 heteroatoms. The van der Waals surface area contributed by atoms with Crippen LogP contribution in [-0.2, 0) is 10.2 Å². The zero-order valence-corrected chi connectivity index (χ0v) is 19.6. The molecule has 2 fully saturated rings. The van der Waals surface area contributed by atoms with Gasteiger partial charge in [-0.25, -0.2) is 9.78 Å². The number of fused-ring (bicyclic) bond motifs is 1. The second-order valence-corrected chi connectivity index (χ2v) is 10.5. The van der Waals surface area contributed by atoms with Crippen molar-refractivity contribution in [1.29, 1.82) is 0 Å². The summed E-state index contributed by atoms with van der Waals surface area (Å²) < 4.78 is 6.68. The number of hydrogen-bond acceptors (Lipinski definition) is 6. The van der Waals surface area contributed by atoms with Gasteiger partial charge in [0.05, 0.1) is 15.8 Å². The fraction of sp³-hybridized carbons (Fsp3) is 0.609. The van der Waals surface area contributed by atoms with Gasteiger partial charge in [-0.2, -0.15) is 0 Å². The first-order valence-corrected chi connectivity index (χ1v) is 12.0. The van der Waals surface area contributed by atoms with Gasteiger partial charge in [0.2, 0.25) is 0 Å². The molecule has 2 aromatic heterocycles. The van der Waals surface area contributed by atoms with Crippen molar-refractivity contribution in [1.82, 2.24) is 15.6 Å². The van der Waals surface area contributed by atoms with E-state index in [1.54, 1.807) is 18.4 Å². The zero-order valence-electron chi connectivity index (χ0n) is 18.8. The van der Waals surface area contributed by atoms with Crippen LogP contribution in [0.25, 0.3) is 10.2 Å². The highest BCUT2D eigenvalue weighted by Gasteiger charge is 2.28. The summed E-state index contributed by atoms with van der Waals surface area (Å²) in [5.74, 6) is 1.42. The second kappa shape index (κ2) is 8.65. The predicted molar refractivity (Wildman–Crippen MR) is 124 cm³/mol. The molecule has 0 atom stereocenters. The lowest BCUT2D eigenvalue weighted by Gasteiger charge is -2.33. The van der Waals surface area contributed by atoms with E-state index in [2.05, 4.69) is 42.4 Å². The van der Waals surface area contributed by atoms with Crippen LogP contribution in [0.3, 0.4) is 0 Å². The molecule has 0 aromatic carbocycles. The molecule has 0 unspecified atom stereocenters. The summed E-state index contributed by atoms with van der Waals surface area (Å²) in [4.78, 5) is 31.5. The lowest BCUT2D eigenvalue weighted by atomic mass is 9.87. The number of aromatic nitrogens is 1. The molecule has 0 spiro atoms. The summed E-state index contributed by atoms with van der Waals surface area (Å²) in [5, 5.41) is 7.49. The molecular formula is C23H32N4O3S. The Kier molecular flexibility index (Phi) is 6.10. The van der Waals surface area contributed by atoms with Gasteiger partial charge < -0.3 is 20.3 Å². The molecule has 2 aromatic rings. The molecule has 3 heterocycles. The Labute approximate surface area is 187 Å². The molecule has 1 saturated carbocycles. The van der Waals surface area contributed by atoms with E-state index in [1.807, 2.05) is 5.38 Å². The molecule has 168 valence electrons. The Morgan fingerprint density at radius 1 is 1.23 bits per heavy atom. The van der Waals surface area contributed by atoms with Crippen molar-refractivity contribution in [3.05, 3.63) is 22.6 Å². The second-order valence-electron chi connectivity index (χ2n) is 9.60. The van der Waals surface area contributed by atoms with Crippen molar-refractivity contribution in [3.8, 4) is 0 Å². The van der Waals surface area contributed by atoms with Gasteiger partial charge in [0.15, 0.2) is 0 Å². The number of alkyl carbamates (subject to hydrolysis) is 1. The number of rotatable bonds is 5. The molecular weight excluding hydrogens is 412 g/mol. The summed E-state index contributed by atoms with van der Waals surface area (Å²) in [5.41, 5.74) is 2.53. The van der Waals surface area contributed by atoms with Crippen LogP contribution in [0.15, 0.2) is 11.4 Å². The third-order valence-corrected chi connectivity index (χ3v) is 7.06. The number of hydrogen-bond donors (Lipinski definition) is 2. The van der Waals surface area contributed by atoms with Crippen LogP contribution in [-0.4, -0.2) is 49.8 Å². The van der Waals surface area contributed by atoms with E-state index in [0.717, 1.165) is 48.5 Å². The van der Waals surface area contributed by atoms with Crippen LogP contribution in [0, 0.1) is 5.92 Å². The van der Waals surface area contributed by atoms with E-state index in [4.69, 9.17) is 9.72 Å². The summed E-state index contributed by atoms with van der Waals surface area (Å²) in [7, 11) is 1.64. The Bertz CT molecular complexity index is 969. The predicted octanol–water partition coefficient (Wildman–Crippen LogP) is 4.06. The number of carbonyl (C=O) groups is 2. The van der Waals surface area contributed by atoms with E-state index < -0.39 is 0 Å². The number of thiophene rings is 1. The third kappa shape index (κ3) is 4.95. The zero-order chi connectivity index (χ0) is 22.2. The molecule has 2 aliphatic rings. The molecule has 2 N–H and O–H groups in total. The van der Waals surface area contributed by atoms with E-state index in [9.17, 15) is 9.59 Å². The van der Waals surface area contributed by atoms with Gasteiger partial charge in [-0.3, -0.25) is 4.79 Å². The van der Waals surface area contributed by atoms with Gasteiger partial charge in [-0.1, -0.05) is 20.8 Å². The summed E-state index contributed by atoms with van der Waals surface area (Å²) >= 11 is 1.58. The first-order chi connectivity index (χ1) is 14.8. The number of nitrogens with one attached hydrogen (secondary N) is 2. The monoisotopic (exact) mass is 444 g/mol. The average Bonchev–Trinajstić information content (AvgIpc) is 3.48. The smallest absolute Gasteiger partial charge is 0.407 e. The highest BCUT2D eigenvalue weighted by Crippen LogP contribution is 2.37. The summed E-state index contributed by atoms with van der Waals surface area (Å²) in [6.45, 7) is 8.82. The topological polar surface area (TPSA) is 83.6 Å². The SMILES string of the molecule is CNC(=O)c1csc2c(C(C)(C)C)cc(N3CCC(OC(=O)NCC4CC4)CC3)nc12. The average molecular weight is 445 g/mol. The van der Waals surface area contributed by atoms with Crippen molar-refractivity contribution >= 4 is 39.4 Å². The maximum atomic E-state index is 12.4. The highest BCUT2D eigenvalue weighted by molar-refractivity contribution is 7.17. The summed E-state index contributed by atoms with van der Waals surface area (Å²) in [6.07, 6.45) is 3.59. The van der Waals surface area contributed by atoms with E-state index >= 15 is 0 Å². The van der Waals surface area contributed by atoms with Crippen LogP contribution >= 0.6 is 11.3 Å². The van der Waals surface area contributed by atoms with Crippen LogP contribution in [0.5, 0.6) is 0 Å². The van der Waals surface area contributed by atoms with Gasteiger partial charge in [-0.15, -0.1) is 11.3 Å². The van der Waals surface area contributed by atoms with Gasteiger partial charge in [0.1, 0.15) is 11.9 Å². The molecule has 1 aliphatic heterocycles. The first-order valence-electron chi connectivity index (χ1n) is 11.1. The number of ether oxygens (including phenoxy) is 1. The van der Waals surface area contributed by atoms with E-state index in [1.165, 1.54) is 18.4 Å². The van der Waals surface area contributed by atoms with Gasteiger partial charge in [0, 0.05) is 44.9 Å². The number of anilines is 1. The first kappa shape index (κ1) is 21.9. The van der Waals surface area contributed by atoms with Crippen LogP contribution < -0.4 is 15.5 Å². The molecule has 0 radical (unpaired) electrons. The normalized spacial score (nSPS) is 17.6. The molecule has 1 aliphatic carbocycles. The highest BCUT2D eigenvalue weighted by atomic mass is 32.1. The van der Waals surface area contributed by atoms with Crippen molar-refractivity contribution in [2.24, 2.45) is 5.92 Å². The minimum absolute atomic E-state index is 0.0659. The van der Waals surface area contributed by atoms with Gasteiger partial charge >= 0.3 is 6.09 Å². The third-order valence-electron chi connectivity index (χ3n) is 6.06. The Morgan fingerprint density at radius 2 is 1.94 bits per heavy atom. The number of amides is 2. The fourth-order valence-corrected chi connectivity index (χ4v) is 5.17. The largest absolute Gasteiger partial charge is 0.446 e. The molecule has 0 bridgehead atoms. The lowest BCUT2D eigenvalue weighted by molar-refractivity contribution is 0.0829. The Morgan fingerprint density at radius 3 is 2.55 bits per heavy atom.